The number of benzene rings is 1. The summed E-state index contributed by atoms with van der Waals surface area (Å²) in [5, 5.41) is 4.01. The SMILES string of the molecule is C[C@@H]1CCc2c(sc(NC(=O)/C=C/c3ccc(Cl)cc3)c2C(N)=O)C1. The van der Waals surface area contributed by atoms with Gasteiger partial charge in [0.25, 0.3) is 5.91 Å². The average molecular weight is 375 g/mol. The summed E-state index contributed by atoms with van der Waals surface area (Å²) < 4.78 is 0. The van der Waals surface area contributed by atoms with Gasteiger partial charge in [0.1, 0.15) is 5.00 Å². The first-order valence-electron chi connectivity index (χ1n) is 8.13. The molecule has 4 nitrogen and oxygen atoms in total. The fourth-order valence-electron chi connectivity index (χ4n) is 3.00. The van der Waals surface area contributed by atoms with Gasteiger partial charge in [-0.1, -0.05) is 30.7 Å². The molecule has 130 valence electrons. The zero-order valence-electron chi connectivity index (χ0n) is 13.8. The van der Waals surface area contributed by atoms with Crippen molar-refractivity contribution in [2.45, 2.75) is 26.2 Å². The molecule has 3 rings (SSSR count). The molecule has 0 fully saturated rings. The Morgan fingerprint density at radius 1 is 1.32 bits per heavy atom. The molecule has 1 heterocycles. The Kier molecular flexibility index (Phi) is 5.25. The first-order valence-corrected chi connectivity index (χ1v) is 9.32. The highest BCUT2D eigenvalue weighted by molar-refractivity contribution is 7.17. The van der Waals surface area contributed by atoms with Crippen molar-refractivity contribution in [1.29, 1.82) is 0 Å². The molecule has 0 bridgehead atoms. The average Bonchev–Trinajstić information content (AvgIpc) is 2.91. The highest BCUT2D eigenvalue weighted by Gasteiger charge is 2.26. The molecule has 1 aromatic carbocycles. The Morgan fingerprint density at radius 2 is 2.04 bits per heavy atom. The maximum Gasteiger partial charge on any atom is 0.251 e. The molecule has 0 aliphatic heterocycles. The van der Waals surface area contributed by atoms with Gasteiger partial charge in [-0.3, -0.25) is 9.59 Å². The Hall–Kier alpha value is -2.11. The molecular formula is C19H19ClN2O2S. The molecule has 6 heteroatoms. The zero-order valence-corrected chi connectivity index (χ0v) is 15.4. The van der Waals surface area contributed by atoms with Gasteiger partial charge in [-0.15, -0.1) is 11.3 Å². The van der Waals surface area contributed by atoms with Gasteiger partial charge in [-0.05, 0) is 54.5 Å². The van der Waals surface area contributed by atoms with Gasteiger partial charge < -0.3 is 11.1 Å². The minimum atomic E-state index is -0.482. The summed E-state index contributed by atoms with van der Waals surface area (Å²) in [6, 6.07) is 7.18. The van der Waals surface area contributed by atoms with Crippen LogP contribution in [-0.2, 0) is 17.6 Å². The molecule has 0 saturated heterocycles. The molecule has 0 spiro atoms. The number of fused-ring (bicyclic) bond motifs is 1. The van der Waals surface area contributed by atoms with Crippen LogP contribution in [0.25, 0.3) is 6.08 Å². The summed E-state index contributed by atoms with van der Waals surface area (Å²) in [4.78, 5) is 25.3. The molecule has 0 unspecified atom stereocenters. The largest absolute Gasteiger partial charge is 0.365 e. The van der Waals surface area contributed by atoms with E-state index in [4.69, 9.17) is 17.3 Å². The van der Waals surface area contributed by atoms with E-state index >= 15 is 0 Å². The quantitative estimate of drug-likeness (QED) is 0.784. The molecule has 1 aliphatic rings. The monoisotopic (exact) mass is 374 g/mol. The normalized spacial score (nSPS) is 16.6. The number of amides is 2. The highest BCUT2D eigenvalue weighted by Crippen LogP contribution is 2.39. The van der Waals surface area contributed by atoms with Crippen molar-refractivity contribution in [1.82, 2.24) is 0 Å². The maximum atomic E-state index is 12.2. The Labute approximate surface area is 155 Å². The van der Waals surface area contributed by atoms with E-state index in [0.717, 1.165) is 35.3 Å². The Bertz CT molecular complexity index is 840. The van der Waals surface area contributed by atoms with Crippen LogP contribution in [0.15, 0.2) is 30.3 Å². The number of nitrogens with one attached hydrogen (secondary N) is 1. The zero-order chi connectivity index (χ0) is 18.0. The van der Waals surface area contributed by atoms with Gasteiger partial charge >= 0.3 is 0 Å². The summed E-state index contributed by atoms with van der Waals surface area (Å²) in [5.74, 6) is -0.187. The molecule has 25 heavy (non-hydrogen) atoms. The summed E-state index contributed by atoms with van der Waals surface area (Å²) in [7, 11) is 0. The van der Waals surface area contributed by atoms with E-state index in [1.807, 2.05) is 12.1 Å². The second-order valence-electron chi connectivity index (χ2n) is 6.29. The fourth-order valence-corrected chi connectivity index (χ4v) is 4.54. The van der Waals surface area contributed by atoms with Crippen LogP contribution in [0.2, 0.25) is 5.02 Å². The third-order valence-corrected chi connectivity index (χ3v) is 5.71. The van der Waals surface area contributed by atoms with Crippen LogP contribution in [0.4, 0.5) is 5.00 Å². The van der Waals surface area contributed by atoms with Crippen molar-refractivity contribution < 1.29 is 9.59 Å². The van der Waals surface area contributed by atoms with Crippen LogP contribution in [0, 0.1) is 5.92 Å². The number of halogens is 1. The van der Waals surface area contributed by atoms with Crippen LogP contribution in [-0.4, -0.2) is 11.8 Å². The van der Waals surface area contributed by atoms with Crippen molar-refractivity contribution in [3.05, 3.63) is 56.9 Å². The predicted molar refractivity (Wildman–Crippen MR) is 103 cm³/mol. The van der Waals surface area contributed by atoms with Gasteiger partial charge in [0.2, 0.25) is 5.91 Å². The van der Waals surface area contributed by atoms with E-state index in [2.05, 4.69) is 12.2 Å². The van der Waals surface area contributed by atoms with Gasteiger partial charge in [-0.25, -0.2) is 0 Å². The van der Waals surface area contributed by atoms with E-state index in [1.165, 1.54) is 17.4 Å². The molecule has 0 saturated carbocycles. The van der Waals surface area contributed by atoms with Crippen LogP contribution < -0.4 is 11.1 Å². The third kappa shape index (κ3) is 4.11. The van der Waals surface area contributed by atoms with Gasteiger partial charge in [0.15, 0.2) is 0 Å². The predicted octanol–water partition coefficient (Wildman–Crippen LogP) is 4.28. The van der Waals surface area contributed by atoms with Gasteiger partial charge in [0.05, 0.1) is 5.56 Å². The number of primary amides is 1. The van der Waals surface area contributed by atoms with Crippen molar-refractivity contribution >= 4 is 45.8 Å². The molecule has 2 amide bonds. The smallest absolute Gasteiger partial charge is 0.251 e. The van der Waals surface area contributed by atoms with Crippen molar-refractivity contribution in [2.24, 2.45) is 11.7 Å². The van der Waals surface area contributed by atoms with Crippen LogP contribution in [0.5, 0.6) is 0 Å². The standard InChI is InChI=1S/C19H19ClN2O2S/c1-11-2-8-14-15(10-11)25-19(17(14)18(21)24)22-16(23)9-5-12-3-6-13(20)7-4-12/h3-7,9,11H,2,8,10H2,1H3,(H2,21,24)(H,22,23)/b9-5+/t11-/m1/s1. The molecule has 1 atom stereocenters. The molecule has 2 aromatic rings. The molecule has 1 aromatic heterocycles. The molecule has 3 N–H and O–H groups in total. The molecule has 0 radical (unpaired) electrons. The summed E-state index contributed by atoms with van der Waals surface area (Å²) in [5.41, 5.74) is 7.91. The van der Waals surface area contributed by atoms with Crippen LogP contribution >= 0.6 is 22.9 Å². The number of rotatable bonds is 4. The lowest BCUT2D eigenvalue weighted by atomic mass is 9.88. The van der Waals surface area contributed by atoms with E-state index in [1.54, 1.807) is 18.2 Å². The van der Waals surface area contributed by atoms with Crippen molar-refractivity contribution in [3.8, 4) is 0 Å². The lowest BCUT2D eigenvalue weighted by molar-refractivity contribution is -0.111. The lowest BCUT2D eigenvalue weighted by Crippen LogP contribution is -2.18. The number of nitrogens with two attached hydrogens (primary N) is 1. The number of hydrogen-bond acceptors (Lipinski definition) is 3. The lowest BCUT2D eigenvalue weighted by Gasteiger charge is -2.18. The van der Waals surface area contributed by atoms with E-state index in [-0.39, 0.29) is 5.91 Å². The van der Waals surface area contributed by atoms with Crippen LogP contribution in [0.1, 0.15) is 39.7 Å². The summed E-state index contributed by atoms with van der Waals surface area (Å²) in [6.45, 7) is 2.19. The number of carbonyl (C=O) groups excluding carboxylic acids is 2. The summed E-state index contributed by atoms with van der Waals surface area (Å²) >= 11 is 7.30. The highest BCUT2D eigenvalue weighted by atomic mass is 35.5. The Balaban J connectivity index is 1.79. The van der Waals surface area contributed by atoms with E-state index < -0.39 is 5.91 Å². The molecule has 1 aliphatic carbocycles. The first kappa shape index (κ1) is 17.7. The fraction of sp³-hybridized carbons (Fsp3) is 0.263. The van der Waals surface area contributed by atoms with Crippen molar-refractivity contribution in [3.63, 3.8) is 0 Å². The van der Waals surface area contributed by atoms with Gasteiger partial charge in [0, 0.05) is 16.0 Å². The van der Waals surface area contributed by atoms with E-state index in [0.29, 0.717) is 21.5 Å². The number of anilines is 1. The number of hydrogen-bond donors (Lipinski definition) is 2. The second-order valence-corrected chi connectivity index (χ2v) is 7.84. The number of thiophene rings is 1. The van der Waals surface area contributed by atoms with Crippen LogP contribution in [0.3, 0.4) is 0 Å². The number of carbonyl (C=O) groups is 2. The topological polar surface area (TPSA) is 72.2 Å². The third-order valence-electron chi connectivity index (χ3n) is 4.29. The first-order chi connectivity index (χ1) is 11.9. The second kappa shape index (κ2) is 7.42. The van der Waals surface area contributed by atoms with E-state index in [9.17, 15) is 9.59 Å². The molecular weight excluding hydrogens is 356 g/mol. The van der Waals surface area contributed by atoms with Crippen molar-refractivity contribution in [2.75, 3.05) is 5.32 Å². The minimum absolute atomic E-state index is 0.288. The Morgan fingerprint density at radius 3 is 2.72 bits per heavy atom. The van der Waals surface area contributed by atoms with Gasteiger partial charge in [-0.2, -0.15) is 0 Å². The summed E-state index contributed by atoms with van der Waals surface area (Å²) in [6.07, 6.45) is 5.94. The minimum Gasteiger partial charge on any atom is -0.365 e. The maximum absolute atomic E-state index is 12.2.